The maximum atomic E-state index is 5.74. The van der Waals surface area contributed by atoms with E-state index in [2.05, 4.69) is 61.2 Å². The van der Waals surface area contributed by atoms with Crippen molar-refractivity contribution in [2.45, 2.75) is 20.4 Å². The number of aryl methyl sites for hydroxylation is 1. The lowest BCUT2D eigenvalue weighted by Crippen LogP contribution is -2.35. The first-order valence-electron chi connectivity index (χ1n) is 6.47. The first-order valence-corrected chi connectivity index (χ1v) is 6.47. The Balaban J connectivity index is 2.09. The molecule has 18 heavy (non-hydrogen) atoms. The minimum Gasteiger partial charge on any atom is -0.350 e. The molecule has 0 radical (unpaired) electrons. The van der Waals surface area contributed by atoms with E-state index in [-0.39, 0.29) is 5.41 Å². The van der Waals surface area contributed by atoms with Crippen molar-refractivity contribution in [2.24, 2.45) is 18.2 Å². The third kappa shape index (κ3) is 2.74. The minimum atomic E-state index is 0.157. The molecule has 2 rings (SSSR count). The second kappa shape index (κ2) is 5.12. The molecule has 0 unspecified atom stereocenters. The summed E-state index contributed by atoms with van der Waals surface area (Å²) in [5.41, 5.74) is 8.53. The number of rotatable bonds is 5. The summed E-state index contributed by atoms with van der Waals surface area (Å²) in [6, 6.07) is 8.51. The molecule has 1 heterocycles. The summed E-state index contributed by atoms with van der Waals surface area (Å²) < 4.78 is 2.18. The number of nitrogens with two attached hydrogens (primary N) is 1. The molecule has 1 aromatic carbocycles. The number of hydrogen-bond donors (Lipinski definition) is 2. The van der Waals surface area contributed by atoms with Gasteiger partial charge in [-0.2, -0.15) is 0 Å². The van der Waals surface area contributed by atoms with Crippen molar-refractivity contribution in [2.75, 3.05) is 13.1 Å². The number of fused-ring (bicyclic) bond motifs is 1. The smallest absolute Gasteiger partial charge is 0.0481 e. The SMILES string of the molecule is Cn1cc(CNCC(C)(C)CN)c2ccccc21. The molecule has 1 aromatic heterocycles. The number of nitrogens with zero attached hydrogens (tertiary/aromatic N) is 1. The van der Waals surface area contributed by atoms with Gasteiger partial charge < -0.3 is 15.6 Å². The van der Waals surface area contributed by atoms with Gasteiger partial charge in [0.25, 0.3) is 0 Å². The Bertz CT molecular complexity index is 526. The van der Waals surface area contributed by atoms with E-state index in [9.17, 15) is 0 Å². The molecule has 3 N–H and O–H groups in total. The Labute approximate surface area is 109 Å². The molecular formula is C15H23N3. The quantitative estimate of drug-likeness (QED) is 0.848. The largest absolute Gasteiger partial charge is 0.350 e. The second-order valence-corrected chi connectivity index (χ2v) is 5.75. The van der Waals surface area contributed by atoms with Gasteiger partial charge in [0.05, 0.1) is 0 Å². The van der Waals surface area contributed by atoms with Crippen molar-refractivity contribution >= 4 is 10.9 Å². The molecule has 0 amide bonds. The van der Waals surface area contributed by atoms with Gasteiger partial charge in [0.2, 0.25) is 0 Å². The highest BCUT2D eigenvalue weighted by atomic mass is 14.9. The molecule has 0 aliphatic heterocycles. The van der Waals surface area contributed by atoms with Crippen molar-refractivity contribution in [3.05, 3.63) is 36.0 Å². The van der Waals surface area contributed by atoms with Crippen LogP contribution in [0.4, 0.5) is 0 Å². The molecule has 2 aromatic rings. The summed E-state index contributed by atoms with van der Waals surface area (Å²) in [4.78, 5) is 0. The summed E-state index contributed by atoms with van der Waals surface area (Å²) in [5.74, 6) is 0. The van der Waals surface area contributed by atoms with Crippen LogP contribution in [0.1, 0.15) is 19.4 Å². The van der Waals surface area contributed by atoms with Crippen LogP contribution in [0.3, 0.4) is 0 Å². The first-order chi connectivity index (χ1) is 8.53. The van der Waals surface area contributed by atoms with E-state index in [0.717, 1.165) is 13.1 Å². The Morgan fingerprint density at radius 3 is 2.72 bits per heavy atom. The highest BCUT2D eigenvalue weighted by Crippen LogP contribution is 2.20. The Kier molecular flexibility index (Phi) is 3.73. The van der Waals surface area contributed by atoms with E-state index in [1.807, 2.05) is 0 Å². The Morgan fingerprint density at radius 2 is 2.00 bits per heavy atom. The lowest BCUT2D eigenvalue weighted by Gasteiger charge is -2.22. The monoisotopic (exact) mass is 245 g/mol. The fraction of sp³-hybridized carbons (Fsp3) is 0.467. The van der Waals surface area contributed by atoms with E-state index >= 15 is 0 Å². The van der Waals surface area contributed by atoms with Crippen LogP contribution in [0, 0.1) is 5.41 Å². The van der Waals surface area contributed by atoms with Gasteiger partial charge in [0.1, 0.15) is 0 Å². The van der Waals surface area contributed by atoms with Gasteiger partial charge in [-0.3, -0.25) is 0 Å². The predicted molar refractivity (Wildman–Crippen MR) is 77.5 cm³/mol. The molecular weight excluding hydrogens is 222 g/mol. The van der Waals surface area contributed by atoms with Crippen LogP contribution in [0.5, 0.6) is 0 Å². The highest BCUT2D eigenvalue weighted by Gasteiger charge is 2.15. The minimum absolute atomic E-state index is 0.157. The Morgan fingerprint density at radius 1 is 1.28 bits per heavy atom. The molecule has 0 fully saturated rings. The van der Waals surface area contributed by atoms with E-state index < -0.39 is 0 Å². The molecule has 3 nitrogen and oxygen atoms in total. The third-order valence-electron chi connectivity index (χ3n) is 3.45. The fourth-order valence-corrected chi connectivity index (χ4v) is 2.17. The zero-order chi connectivity index (χ0) is 13.2. The van der Waals surface area contributed by atoms with Crippen molar-refractivity contribution in [1.29, 1.82) is 0 Å². The van der Waals surface area contributed by atoms with E-state index in [0.29, 0.717) is 6.54 Å². The van der Waals surface area contributed by atoms with Crippen LogP contribution >= 0.6 is 0 Å². The van der Waals surface area contributed by atoms with Gasteiger partial charge >= 0.3 is 0 Å². The van der Waals surface area contributed by atoms with Gasteiger partial charge in [-0.05, 0) is 23.6 Å². The molecule has 0 aliphatic rings. The van der Waals surface area contributed by atoms with Crippen LogP contribution in [-0.2, 0) is 13.6 Å². The third-order valence-corrected chi connectivity index (χ3v) is 3.45. The van der Waals surface area contributed by atoms with Gasteiger partial charge in [0.15, 0.2) is 0 Å². The summed E-state index contributed by atoms with van der Waals surface area (Å²) in [7, 11) is 2.09. The first kappa shape index (κ1) is 13.1. The number of nitrogens with one attached hydrogen (secondary N) is 1. The average Bonchev–Trinajstić information content (AvgIpc) is 2.67. The highest BCUT2D eigenvalue weighted by molar-refractivity contribution is 5.83. The van der Waals surface area contributed by atoms with Crippen molar-refractivity contribution in [3.8, 4) is 0 Å². The number of para-hydroxylation sites is 1. The van der Waals surface area contributed by atoms with E-state index in [1.54, 1.807) is 0 Å². The second-order valence-electron chi connectivity index (χ2n) is 5.75. The normalized spacial score (nSPS) is 12.2. The maximum absolute atomic E-state index is 5.74. The van der Waals surface area contributed by atoms with Gasteiger partial charge in [-0.1, -0.05) is 32.0 Å². The zero-order valence-electron chi connectivity index (χ0n) is 11.5. The average molecular weight is 245 g/mol. The molecule has 0 aliphatic carbocycles. The van der Waals surface area contributed by atoms with Crippen LogP contribution in [-0.4, -0.2) is 17.7 Å². The lowest BCUT2D eigenvalue weighted by atomic mass is 9.94. The summed E-state index contributed by atoms with van der Waals surface area (Å²) in [5, 5.41) is 4.84. The molecule has 0 bridgehead atoms. The standard InChI is InChI=1S/C15H23N3/c1-15(2,10-16)11-17-8-12-9-18(3)14-7-5-4-6-13(12)14/h4-7,9,17H,8,10-11,16H2,1-3H3. The molecule has 3 heteroatoms. The molecule has 98 valence electrons. The van der Waals surface area contributed by atoms with Crippen molar-refractivity contribution < 1.29 is 0 Å². The molecule has 0 saturated heterocycles. The zero-order valence-corrected chi connectivity index (χ0v) is 11.5. The maximum Gasteiger partial charge on any atom is 0.0481 e. The number of aromatic nitrogens is 1. The molecule has 0 saturated carbocycles. The van der Waals surface area contributed by atoms with Crippen LogP contribution < -0.4 is 11.1 Å². The summed E-state index contributed by atoms with van der Waals surface area (Å²) in [6.07, 6.45) is 2.20. The summed E-state index contributed by atoms with van der Waals surface area (Å²) in [6.45, 7) is 6.90. The van der Waals surface area contributed by atoms with Crippen molar-refractivity contribution in [3.63, 3.8) is 0 Å². The van der Waals surface area contributed by atoms with Crippen molar-refractivity contribution in [1.82, 2.24) is 9.88 Å². The van der Waals surface area contributed by atoms with Crippen LogP contribution in [0.15, 0.2) is 30.5 Å². The van der Waals surface area contributed by atoms with E-state index in [4.69, 9.17) is 5.73 Å². The number of hydrogen-bond acceptors (Lipinski definition) is 2. The Hall–Kier alpha value is -1.32. The van der Waals surface area contributed by atoms with Gasteiger partial charge in [-0.15, -0.1) is 0 Å². The fourth-order valence-electron chi connectivity index (χ4n) is 2.17. The predicted octanol–water partition coefficient (Wildman–Crippen LogP) is 2.25. The van der Waals surface area contributed by atoms with Crippen LogP contribution in [0.25, 0.3) is 10.9 Å². The molecule has 0 atom stereocenters. The lowest BCUT2D eigenvalue weighted by molar-refractivity contribution is 0.351. The van der Waals surface area contributed by atoms with Crippen LogP contribution in [0.2, 0.25) is 0 Å². The number of benzene rings is 1. The van der Waals surface area contributed by atoms with Gasteiger partial charge in [0, 0.05) is 37.2 Å². The summed E-state index contributed by atoms with van der Waals surface area (Å²) >= 11 is 0. The van der Waals surface area contributed by atoms with Gasteiger partial charge in [-0.25, -0.2) is 0 Å². The van der Waals surface area contributed by atoms with E-state index in [1.165, 1.54) is 16.5 Å². The molecule has 0 spiro atoms. The topological polar surface area (TPSA) is 43.0 Å².